The first-order valence-corrected chi connectivity index (χ1v) is 7.87. The van der Waals surface area contributed by atoms with Gasteiger partial charge in [0.05, 0.1) is 6.04 Å². The van der Waals surface area contributed by atoms with Gasteiger partial charge in [0, 0.05) is 10.6 Å². The number of hydrazine groups is 1. The molecule has 1 saturated carbocycles. The summed E-state index contributed by atoms with van der Waals surface area (Å²) in [7, 11) is 4.33. The predicted octanol–water partition coefficient (Wildman–Crippen LogP) is 3.50. The van der Waals surface area contributed by atoms with Gasteiger partial charge in [0.2, 0.25) is 0 Å². The van der Waals surface area contributed by atoms with Gasteiger partial charge in [0.15, 0.2) is 0 Å². The zero-order valence-electron chi connectivity index (χ0n) is 12.5. The second-order valence-corrected chi connectivity index (χ2v) is 6.50. The summed E-state index contributed by atoms with van der Waals surface area (Å²) in [5.41, 5.74) is 4.31. The van der Waals surface area contributed by atoms with Gasteiger partial charge >= 0.3 is 0 Å². The van der Waals surface area contributed by atoms with Crippen molar-refractivity contribution < 1.29 is 0 Å². The molecule has 1 aliphatic rings. The molecule has 0 radical (unpaired) electrons. The predicted molar refractivity (Wildman–Crippen MR) is 85.6 cm³/mol. The summed E-state index contributed by atoms with van der Waals surface area (Å²) in [6, 6.07) is 8.17. The Morgan fingerprint density at radius 2 is 1.85 bits per heavy atom. The average molecular weight is 296 g/mol. The summed E-state index contributed by atoms with van der Waals surface area (Å²) in [5, 5.41) is 0.769. The van der Waals surface area contributed by atoms with Crippen LogP contribution in [0.1, 0.15) is 50.1 Å². The third-order valence-electron chi connectivity index (χ3n) is 4.75. The molecule has 20 heavy (non-hydrogen) atoms. The van der Waals surface area contributed by atoms with Gasteiger partial charge < -0.3 is 4.90 Å². The molecular formula is C16H26ClN3. The number of hydrogen-bond donors (Lipinski definition) is 2. The summed E-state index contributed by atoms with van der Waals surface area (Å²) in [6.07, 6.45) is 7.50. The van der Waals surface area contributed by atoms with E-state index in [0.717, 1.165) is 5.02 Å². The molecule has 1 unspecified atom stereocenters. The van der Waals surface area contributed by atoms with Gasteiger partial charge in [-0.15, -0.1) is 0 Å². The van der Waals surface area contributed by atoms with E-state index in [1.807, 2.05) is 18.2 Å². The van der Waals surface area contributed by atoms with Gasteiger partial charge in [0.1, 0.15) is 0 Å². The normalized spacial score (nSPS) is 20.6. The lowest BCUT2D eigenvalue weighted by Crippen LogP contribution is -2.55. The van der Waals surface area contributed by atoms with Crippen LogP contribution in [0.3, 0.4) is 0 Å². The van der Waals surface area contributed by atoms with Crippen molar-refractivity contribution in [2.75, 3.05) is 14.1 Å². The van der Waals surface area contributed by atoms with Gasteiger partial charge in [-0.1, -0.05) is 49.4 Å². The molecule has 1 fully saturated rings. The highest BCUT2D eigenvalue weighted by atomic mass is 35.5. The first-order valence-electron chi connectivity index (χ1n) is 7.49. The molecule has 3 nitrogen and oxygen atoms in total. The van der Waals surface area contributed by atoms with E-state index in [9.17, 15) is 0 Å². The summed E-state index contributed by atoms with van der Waals surface area (Å²) in [4.78, 5) is 2.35. The van der Waals surface area contributed by atoms with Crippen molar-refractivity contribution in [2.45, 2.75) is 50.1 Å². The molecule has 0 aromatic heterocycles. The third kappa shape index (κ3) is 3.17. The minimum absolute atomic E-state index is 0.0654. The van der Waals surface area contributed by atoms with E-state index in [2.05, 4.69) is 30.5 Å². The highest BCUT2D eigenvalue weighted by Gasteiger charge is 2.41. The Kier molecular flexibility index (Phi) is 5.44. The minimum atomic E-state index is 0.0654. The van der Waals surface area contributed by atoms with Crippen molar-refractivity contribution in [1.29, 1.82) is 0 Å². The number of halogens is 1. The first-order chi connectivity index (χ1) is 9.60. The second kappa shape index (κ2) is 6.90. The smallest absolute Gasteiger partial charge is 0.0644 e. The van der Waals surface area contributed by atoms with Crippen molar-refractivity contribution in [3.8, 4) is 0 Å². The number of nitrogens with two attached hydrogens (primary N) is 1. The van der Waals surface area contributed by atoms with Crippen LogP contribution in [0, 0.1) is 0 Å². The Labute approximate surface area is 127 Å². The van der Waals surface area contributed by atoms with Crippen LogP contribution in [-0.4, -0.2) is 24.5 Å². The molecule has 1 aliphatic carbocycles. The molecule has 4 heteroatoms. The van der Waals surface area contributed by atoms with Crippen LogP contribution in [0.5, 0.6) is 0 Å². The molecule has 0 spiro atoms. The molecule has 0 aliphatic heterocycles. The van der Waals surface area contributed by atoms with E-state index in [0.29, 0.717) is 0 Å². The van der Waals surface area contributed by atoms with Crippen molar-refractivity contribution in [3.05, 3.63) is 34.9 Å². The lowest BCUT2D eigenvalue weighted by atomic mass is 9.78. The van der Waals surface area contributed by atoms with Crippen molar-refractivity contribution >= 4 is 11.6 Å². The minimum Gasteiger partial charge on any atom is -0.302 e. The monoisotopic (exact) mass is 295 g/mol. The Morgan fingerprint density at radius 1 is 1.20 bits per heavy atom. The molecule has 1 aromatic carbocycles. The van der Waals surface area contributed by atoms with Gasteiger partial charge in [-0.25, -0.2) is 0 Å². The van der Waals surface area contributed by atoms with E-state index in [-0.39, 0.29) is 11.6 Å². The summed E-state index contributed by atoms with van der Waals surface area (Å²) in [6.45, 7) is 0. The highest BCUT2D eigenvalue weighted by molar-refractivity contribution is 6.30. The second-order valence-electron chi connectivity index (χ2n) is 6.07. The molecule has 112 valence electrons. The Hall–Kier alpha value is -0.610. The largest absolute Gasteiger partial charge is 0.302 e. The molecule has 1 aromatic rings. The molecule has 0 amide bonds. The van der Waals surface area contributed by atoms with E-state index < -0.39 is 0 Å². The molecule has 0 heterocycles. The Balaban J connectivity index is 2.38. The summed E-state index contributed by atoms with van der Waals surface area (Å²) >= 11 is 6.16. The van der Waals surface area contributed by atoms with E-state index in [4.69, 9.17) is 17.4 Å². The maximum Gasteiger partial charge on any atom is 0.0644 e. The molecular weight excluding hydrogens is 270 g/mol. The number of rotatable bonds is 4. The maximum absolute atomic E-state index is 6.16. The first kappa shape index (κ1) is 15.8. The van der Waals surface area contributed by atoms with Crippen LogP contribution in [0.15, 0.2) is 24.3 Å². The fourth-order valence-corrected chi connectivity index (χ4v) is 3.78. The lowest BCUT2D eigenvalue weighted by Gasteiger charge is -2.45. The van der Waals surface area contributed by atoms with Crippen molar-refractivity contribution in [1.82, 2.24) is 10.3 Å². The molecule has 1 atom stereocenters. The third-order valence-corrected chi connectivity index (χ3v) is 4.98. The zero-order valence-corrected chi connectivity index (χ0v) is 13.3. The van der Waals surface area contributed by atoms with Crippen molar-refractivity contribution in [3.63, 3.8) is 0 Å². The molecule has 0 bridgehead atoms. The Morgan fingerprint density at radius 3 is 2.35 bits per heavy atom. The number of hydrogen-bond acceptors (Lipinski definition) is 3. The van der Waals surface area contributed by atoms with E-state index in [1.165, 1.54) is 44.1 Å². The fraction of sp³-hybridized carbons (Fsp3) is 0.625. The number of likely N-dealkylation sites (N-methyl/N-ethyl adjacent to an activating group) is 1. The Bertz CT molecular complexity index is 425. The van der Waals surface area contributed by atoms with Crippen LogP contribution in [0.4, 0.5) is 0 Å². The summed E-state index contributed by atoms with van der Waals surface area (Å²) < 4.78 is 0. The van der Waals surface area contributed by atoms with Crippen LogP contribution in [0.25, 0.3) is 0 Å². The lowest BCUT2D eigenvalue weighted by molar-refractivity contribution is 0.0800. The van der Waals surface area contributed by atoms with Crippen LogP contribution >= 0.6 is 11.6 Å². The van der Waals surface area contributed by atoms with E-state index >= 15 is 0 Å². The van der Waals surface area contributed by atoms with Gasteiger partial charge in [-0.3, -0.25) is 11.3 Å². The standard InChI is InChI=1S/C16H26ClN3/c1-20(2)16(10-5-3-4-6-11-16)15(19-18)13-8-7-9-14(17)12-13/h7-9,12,15,19H,3-6,10-11,18H2,1-2H3. The maximum atomic E-state index is 6.16. The SMILES string of the molecule is CN(C)C1(C(NN)c2cccc(Cl)c2)CCCCCC1. The van der Waals surface area contributed by atoms with Crippen LogP contribution in [-0.2, 0) is 0 Å². The average Bonchev–Trinajstić information content (AvgIpc) is 2.67. The topological polar surface area (TPSA) is 41.3 Å². The molecule has 2 rings (SSSR count). The summed E-state index contributed by atoms with van der Waals surface area (Å²) in [5.74, 6) is 5.94. The van der Waals surface area contributed by atoms with E-state index in [1.54, 1.807) is 0 Å². The molecule has 3 N–H and O–H groups in total. The quantitative estimate of drug-likeness (QED) is 0.507. The highest BCUT2D eigenvalue weighted by Crippen LogP contribution is 2.41. The fourth-order valence-electron chi connectivity index (χ4n) is 3.58. The van der Waals surface area contributed by atoms with Gasteiger partial charge in [-0.05, 0) is 44.6 Å². The van der Waals surface area contributed by atoms with Gasteiger partial charge in [0.25, 0.3) is 0 Å². The van der Waals surface area contributed by atoms with Crippen molar-refractivity contribution in [2.24, 2.45) is 5.84 Å². The molecule has 0 saturated heterocycles. The van der Waals surface area contributed by atoms with Crippen LogP contribution < -0.4 is 11.3 Å². The number of benzene rings is 1. The number of nitrogens with one attached hydrogen (secondary N) is 1. The van der Waals surface area contributed by atoms with Crippen LogP contribution in [0.2, 0.25) is 5.02 Å². The number of nitrogens with zero attached hydrogens (tertiary/aromatic N) is 1. The zero-order chi connectivity index (χ0) is 14.6. The van der Waals surface area contributed by atoms with Gasteiger partial charge in [-0.2, -0.15) is 0 Å².